The number of carbonyl (C=O) groups is 2. The number of nitrogens with one attached hydrogen (secondary N) is 1. The summed E-state index contributed by atoms with van der Waals surface area (Å²) in [5.74, 6) is -0.223. The number of hydrogen-bond acceptors (Lipinski definition) is 4. The number of likely N-dealkylation sites (tertiary alicyclic amines) is 1. The van der Waals surface area contributed by atoms with Gasteiger partial charge in [0.05, 0.1) is 6.04 Å². The van der Waals surface area contributed by atoms with E-state index >= 15 is 0 Å². The molecule has 1 aliphatic heterocycles. The van der Waals surface area contributed by atoms with Gasteiger partial charge in [-0.05, 0) is 26.8 Å². The summed E-state index contributed by atoms with van der Waals surface area (Å²) in [6, 6.07) is 1.61. The third kappa shape index (κ3) is 3.49. The van der Waals surface area contributed by atoms with Crippen molar-refractivity contribution in [3.8, 4) is 0 Å². The number of aryl methyl sites for hydroxylation is 1. The fourth-order valence-corrected chi connectivity index (χ4v) is 1.84. The van der Waals surface area contributed by atoms with Gasteiger partial charge in [0, 0.05) is 26.3 Å². The second kappa shape index (κ2) is 5.15. The Labute approximate surface area is 117 Å². The molecule has 1 aromatic heterocycles. The fourth-order valence-electron chi connectivity index (χ4n) is 1.84. The first-order valence-electron chi connectivity index (χ1n) is 6.53. The number of nitrogens with zero attached hydrogens (tertiary/aromatic N) is 3. The summed E-state index contributed by atoms with van der Waals surface area (Å²) in [5, 5.41) is 6.85. The van der Waals surface area contributed by atoms with Gasteiger partial charge in [-0.15, -0.1) is 0 Å². The third-order valence-corrected chi connectivity index (χ3v) is 2.81. The zero-order valence-corrected chi connectivity index (χ0v) is 12.2. The van der Waals surface area contributed by atoms with Gasteiger partial charge in [-0.1, -0.05) is 0 Å². The first-order valence-corrected chi connectivity index (χ1v) is 6.53. The van der Waals surface area contributed by atoms with Crippen LogP contribution in [0.5, 0.6) is 0 Å². The molecule has 1 fully saturated rings. The van der Waals surface area contributed by atoms with E-state index in [9.17, 15) is 9.59 Å². The van der Waals surface area contributed by atoms with Gasteiger partial charge in [-0.2, -0.15) is 5.10 Å². The summed E-state index contributed by atoms with van der Waals surface area (Å²) in [6.07, 6.45) is 1.36. The Hall–Kier alpha value is -2.05. The predicted molar refractivity (Wildman–Crippen MR) is 72.3 cm³/mol. The molecule has 2 amide bonds. The van der Waals surface area contributed by atoms with E-state index in [-0.39, 0.29) is 18.0 Å². The lowest BCUT2D eigenvalue weighted by Crippen LogP contribution is -2.61. The molecule has 0 saturated carbocycles. The molecule has 0 atom stereocenters. The van der Waals surface area contributed by atoms with Gasteiger partial charge in [0.15, 0.2) is 0 Å². The summed E-state index contributed by atoms with van der Waals surface area (Å²) in [7, 11) is 1.75. The molecule has 20 heavy (non-hydrogen) atoms. The second-order valence-corrected chi connectivity index (χ2v) is 5.93. The number of aromatic nitrogens is 2. The van der Waals surface area contributed by atoms with E-state index in [1.54, 1.807) is 28.9 Å². The zero-order chi connectivity index (χ0) is 14.9. The molecule has 0 bridgehead atoms. The standard InChI is InChI=1S/C13H20N4O3/c1-13(2,3)20-12(19)17-7-9(8-17)14-11(18)10-5-6-16(4)15-10/h5-6,9H,7-8H2,1-4H3,(H,14,18). The molecular formula is C13H20N4O3. The molecule has 0 radical (unpaired) electrons. The van der Waals surface area contributed by atoms with E-state index in [2.05, 4.69) is 10.4 Å². The van der Waals surface area contributed by atoms with Gasteiger partial charge in [0.25, 0.3) is 5.91 Å². The largest absolute Gasteiger partial charge is 0.444 e. The molecule has 2 heterocycles. The van der Waals surface area contributed by atoms with Gasteiger partial charge in [0.2, 0.25) is 0 Å². The highest BCUT2D eigenvalue weighted by atomic mass is 16.6. The van der Waals surface area contributed by atoms with Crippen LogP contribution >= 0.6 is 0 Å². The van der Waals surface area contributed by atoms with Crippen LogP contribution < -0.4 is 5.32 Å². The summed E-state index contributed by atoms with van der Waals surface area (Å²) >= 11 is 0. The Balaban J connectivity index is 1.77. The lowest BCUT2D eigenvalue weighted by Gasteiger charge is -2.39. The topological polar surface area (TPSA) is 76.5 Å². The molecule has 110 valence electrons. The summed E-state index contributed by atoms with van der Waals surface area (Å²) in [4.78, 5) is 25.1. The fraction of sp³-hybridized carbons (Fsp3) is 0.615. The van der Waals surface area contributed by atoms with Crippen LogP contribution in [0.25, 0.3) is 0 Å². The minimum absolute atomic E-state index is 0.0444. The van der Waals surface area contributed by atoms with Gasteiger partial charge in [0.1, 0.15) is 11.3 Å². The third-order valence-electron chi connectivity index (χ3n) is 2.81. The van der Waals surface area contributed by atoms with Crippen LogP contribution in [-0.4, -0.2) is 51.4 Å². The average molecular weight is 280 g/mol. The monoisotopic (exact) mass is 280 g/mol. The van der Waals surface area contributed by atoms with E-state index in [4.69, 9.17) is 4.74 Å². The molecule has 7 nitrogen and oxygen atoms in total. The summed E-state index contributed by atoms with van der Waals surface area (Å²) in [6.45, 7) is 6.40. The number of ether oxygens (including phenoxy) is 1. The van der Waals surface area contributed by atoms with Crippen molar-refractivity contribution in [1.82, 2.24) is 20.0 Å². The van der Waals surface area contributed by atoms with Crippen LogP contribution in [0.2, 0.25) is 0 Å². The maximum atomic E-state index is 11.8. The molecule has 0 spiro atoms. The Kier molecular flexibility index (Phi) is 3.69. The molecule has 1 aliphatic rings. The number of rotatable bonds is 2. The van der Waals surface area contributed by atoms with Crippen LogP contribution in [0.1, 0.15) is 31.3 Å². The SMILES string of the molecule is Cn1ccc(C(=O)NC2CN(C(=O)OC(C)(C)C)C2)n1. The van der Waals surface area contributed by atoms with Gasteiger partial charge >= 0.3 is 6.09 Å². The molecule has 7 heteroatoms. The van der Waals surface area contributed by atoms with Crippen molar-refractivity contribution in [2.45, 2.75) is 32.4 Å². The smallest absolute Gasteiger partial charge is 0.410 e. The van der Waals surface area contributed by atoms with Crippen LogP contribution in [0.4, 0.5) is 4.79 Å². The van der Waals surface area contributed by atoms with Crippen LogP contribution in [0, 0.1) is 0 Å². The maximum absolute atomic E-state index is 11.8. The normalized spacial score (nSPS) is 15.7. The van der Waals surface area contributed by atoms with Crippen molar-refractivity contribution in [2.75, 3.05) is 13.1 Å². The first kappa shape index (κ1) is 14.4. The van der Waals surface area contributed by atoms with Crippen molar-refractivity contribution in [3.05, 3.63) is 18.0 Å². The minimum atomic E-state index is -0.501. The van der Waals surface area contributed by atoms with E-state index in [0.29, 0.717) is 18.8 Å². The Morgan fingerprint density at radius 3 is 2.55 bits per heavy atom. The summed E-state index contributed by atoms with van der Waals surface area (Å²) < 4.78 is 6.81. The second-order valence-electron chi connectivity index (χ2n) is 5.93. The van der Waals surface area contributed by atoms with Crippen molar-refractivity contribution >= 4 is 12.0 Å². The molecule has 1 N–H and O–H groups in total. The van der Waals surface area contributed by atoms with E-state index in [1.165, 1.54) is 0 Å². The highest BCUT2D eigenvalue weighted by Gasteiger charge is 2.34. The van der Waals surface area contributed by atoms with Crippen molar-refractivity contribution in [3.63, 3.8) is 0 Å². The molecule has 0 aliphatic carbocycles. The quantitative estimate of drug-likeness (QED) is 0.868. The van der Waals surface area contributed by atoms with E-state index < -0.39 is 5.60 Å². The van der Waals surface area contributed by atoms with Gasteiger partial charge in [-0.3, -0.25) is 9.48 Å². The Bertz CT molecular complexity index is 512. The minimum Gasteiger partial charge on any atom is -0.444 e. The maximum Gasteiger partial charge on any atom is 0.410 e. The van der Waals surface area contributed by atoms with Crippen LogP contribution in [-0.2, 0) is 11.8 Å². The van der Waals surface area contributed by atoms with E-state index in [1.807, 2.05) is 20.8 Å². The summed E-state index contributed by atoms with van der Waals surface area (Å²) in [5.41, 5.74) is -0.123. The van der Waals surface area contributed by atoms with E-state index in [0.717, 1.165) is 0 Å². The molecule has 0 aromatic carbocycles. The average Bonchev–Trinajstić information content (AvgIpc) is 2.66. The Morgan fingerprint density at radius 1 is 1.40 bits per heavy atom. The Morgan fingerprint density at radius 2 is 2.05 bits per heavy atom. The molecule has 1 aromatic rings. The van der Waals surface area contributed by atoms with Crippen molar-refractivity contribution < 1.29 is 14.3 Å². The lowest BCUT2D eigenvalue weighted by molar-refractivity contribution is 0.00531. The van der Waals surface area contributed by atoms with Crippen LogP contribution in [0.3, 0.4) is 0 Å². The van der Waals surface area contributed by atoms with Crippen LogP contribution in [0.15, 0.2) is 12.3 Å². The number of hydrogen-bond donors (Lipinski definition) is 1. The molecule has 0 unspecified atom stereocenters. The predicted octanol–water partition coefficient (Wildman–Crippen LogP) is 0.769. The molecule has 1 saturated heterocycles. The van der Waals surface area contributed by atoms with Gasteiger partial charge in [-0.25, -0.2) is 4.79 Å². The molecule has 2 rings (SSSR count). The highest BCUT2D eigenvalue weighted by Crippen LogP contribution is 2.15. The van der Waals surface area contributed by atoms with Crippen molar-refractivity contribution in [2.24, 2.45) is 7.05 Å². The highest BCUT2D eigenvalue weighted by molar-refractivity contribution is 5.92. The van der Waals surface area contributed by atoms with Crippen molar-refractivity contribution in [1.29, 1.82) is 0 Å². The van der Waals surface area contributed by atoms with Gasteiger partial charge < -0.3 is 15.0 Å². The zero-order valence-electron chi connectivity index (χ0n) is 12.2. The molecular weight excluding hydrogens is 260 g/mol. The first-order chi connectivity index (χ1) is 9.24. The number of carbonyl (C=O) groups excluding carboxylic acids is 2. The lowest BCUT2D eigenvalue weighted by atomic mass is 10.1. The number of amides is 2.